The van der Waals surface area contributed by atoms with Crippen LogP contribution in [0.4, 0.5) is 4.79 Å². The largest absolute Gasteiger partial charge is 0.508 e. The van der Waals surface area contributed by atoms with Gasteiger partial charge in [-0.1, -0.05) is 49.4 Å². The molecule has 0 spiro atoms. The second-order valence-electron chi connectivity index (χ2n) is 5.40. The molecule has 0 aliphatic carbocycles. The van der Waals surface area contributed by atoms with E-state index < -0.39 is 24.0 Å². The van der Waals surface area contributed by atoms with Crippen molar-refractivity contribution in [1.82, 2.24) is 5.32 Å². The molecule has 0 heterocycles. The van der Waals surface area contributed by atoms with Crippen LogP contribution in [0.15, 0.2) is 54.6 Å². The van der Waals surface area contributed by atoms with Gasteiger partial charge in [0.25, 0.3) is 0 Å². The van der Waals surface area contributed by atoms with Crippen LogP contribution in [-0.4, -0.2) is 28.3 Å². The summed E-state index contributed by atoms with van der Waals surface area (Å²) in [4.78, 5) is 23.4. The molecule has 2 unspecified atom stereocenters. The first kappa shape index (κ1) is 17.3. The van der Waals surface area contributed by atoms with E-state index in [-0.39, 0.29) is 12.4 Å². The van der Waals surface area contributed by atoms with E-state index in [0.29, 0.717) is 5.56 Å². The van der Waals surface area contributed by atoms with Crippen LogP contribution < -0.4 is 5.32 Å². The molecule has 24 heavy (non-hydrogen) atoms. The minimum atomic E-state index is -1.16. The van der Waals surface area contributed by atoms with Crippen LogP contribution in [-0.2, 0) is 16.1 Å². The average Bonchev–Trinajstić information content (AvgIpc) is 2.58. The zero-order valence-electron chi connectivity index (χ0n) is 13.2. The first-order valence-corrected chi connectivity index (χ1v) is 7.46. The first-order chi connectivity index (χ1) is 11.5. The van der Waals surface area contributed by atoms with Gasteiger partial charge in [-0.3, -0.25) is 0 Å². The molecule has 0 aliphatic rings. The average molecular weight is 329 g/mol. The number of benzene rings is 2. The molecular formula is C18H19NO5. The van der Waals surface area contributed by atoms with Gasteiger partial charge in [-0.25, -0.2) is 9.59 Å². The summed E-state index contributed by atoms with van der Waals surface area (Å²) in [6, 6.07) is 14.1. The molecule has 2 aromatic carbocycles. The molecule has 0 radical (unpaired) electrons. The fourth-order valence-electron chi connectivity index (χ4n) is 2.26. The Kier molecular flexibility index (Phi) is 5.78. The number of carboxylic acid groups (broad SMARTS) is 1. The molecule has 126 valence electrons. The number of aliphatic carboxylic acids is 1. The molecule has 2 atom stereocenters. The second kappa shape index (κ2) is 8.01. The number of ether oxygens (including phenoxy) is 1. The molecule has 6 nitrogen and oxygen atoms in total. The van der Waals surface area contributed by atoms with Gasteiger partial charge in [-0.05, 0) is 23.3 Å². The summed E-state index contributed by atoms with van der Waals surface area (Å²) in [7, 11) is 0. The molecule has 2 rings (SSSR count). The van der Waals surface area contributed by atoms with Crippen LogP contribution in [0.2, 0.25) is 0 Å². The number of amides is 1. The predicted molar refractivity (Wildman–Crippen MR) is 87.7 cm³/mol. The third-order valence-electron chi connectivity index (χ3n) is 3.67. The second-order valence-corrected chi connectivity index (χ2v) is 5.40. The zero-order chi connectivity index (χ0) is 17.5. The van der Waals surface area contributed by atoms with Crippen molar-refractivity contribution in [3.63, 3.8) is 0 Å². The number of carbonyl (C=O) groups excluding carboxylic acids is 1. The van der Waals surface area contributed by atoms with Crippen molar-refractivity contribution in [3.05, 3.63) is 65.7 Å². The number of phenolic OH excluding ortho intramolecular Hbond substituents is 1. The fourth-order valence-corrected chi connectivity index (χ4v) is 2.26. The summed E-state index contributed by atoms with van der Waals surface area (Å²) in [5.41, 5.74) is 1.50. The van der Waals surface area contributed by atoms with E-state index in [4.69, 9.17) is 4.74 Å². The van der Waals surface area contributed by atoms with E-state index in [1.807, 2.05) is 18.2 Å². The van der Waals surface area contributed by atoms with Crippen molar-refractivity contribution < 1.29 is 24.5 Å². The van der Waals surface area contributed by atoms with Gasteiger partial charge in [0.1, 0.15) is 18.4 Å². The standard InChI is InChI=1S/C18H19NO5/c1-12(14-7-9-15(20)10-8-14)16(17(21)22)19-18(23)24-11-13-5-3-2-4-6-13/h2-10,12,16,20H,11H2,1H3,(H,19,23)(H,21,22). The number of nitrogens with one attached hydrogen (secondary N) is 1. The van der Waals surface area contributed by atoms with Crippen molar-refractivity contribution in [2.75, 3.05) is 0 Å². The summed E-state index contributed by atoms with van der Waals surface area (Å²) in [5, 5.41) is 21.1. The lowest BCUT2D eigenvalue weighted by atomic mass is 9.93. The van der Waals surface area contributed by atoms with E-state index in [1.54, 1.807) is 31.2 Å². The maximum Gasteiger partial charge on any atom is 0.408 e. The normalized spacial score (nSPS) is 12.9. The summed E-state index contributed by atoms with van der Waals surface area (Å²) in [6.45, 7) is 1.75. The lowest BCUT2D eigenvalue weighted by molar-refractivity contribution is -0.139. The highest BCUT2D eigenvalue weighted by molar-refractivity contribution is 5.81. The Balaban J connectivity index is 1.98. The van der Waals surface area contributed by atoms with Crippen molar-refractivity contribution >= 4 is 12.1 Å². The van der Waals surface area contributed by atoms with Crippen molar-refractivity contribution in [3.8, 4) is 5.75 Å². The van der Waals surface area contributed by atoms with E-state index in [1.165, 1.54) is 12.1 Å². The molecule has 3 N–H and O–H groups in total. The van der Waals surface area contributed by atoms with Crippen molar-refractivity contribution in [2.45, 2.75) is 25.5 Å². The Labute approximate surface area is 139 Å². The van der Waals surface area contributed by atoms with Gasteiger partial charge in [-0.2, -0.15) is 0 Å². The first-order valence-electron chi connectivity index (χ1n) is 7.46. The van der Waals surface area contributed by atoms with Crippen LogP contribution in [0, 0.1) is 0 Å². The van der Waals surface area contributed by atoms with Gasteiger partial charge in [0.2, 0.25) is 0 Å². The number of hydrogen-bond acceptors (Lipinski definition) is 4. The summed E-state index contributed by atoms with van der Waals surface area (Å²) in [6.07, 6.45) is -0.795. The molecule has 0 saturated heterocycles. The molecule has 0 bridgehead atoms. The Morgan fingerprint density at radius 1 is 1.08 bits per heavy atom. The van der Waals surface area contributed by atoms with Crippen LogP contribution in [0.5, 0.6) is 5.75 Å². The summed E-state index contributed by atoms with van der Waals surface area (Å²) < 4.78 is 5.06. The molecular weight excluding hydrogens is 310 g/mol. The van der Waals surface area contributed by atoms with Gasteiger partial charge in [0.05, 0.1) is 0 Å². The third kappa shape index (κ3) is 4.74. The topological polar surface area (TPSA) is 95.9 Å². The SMILES string of the molecule is CC(c1ccc(O)cc1)C(NC(=O)OCc1ccccc1)C(=O)O. The Hall–Kier alpha value is -3.02. The molecule has 2 aromatic rings. The highest BCUT2D eigenvalue weighted by Crippen LogP contribution is 2.22. The quantitative estimate of drug-likeness (QED) is 0.757. The molecule has 6 heteroatoms. The Bertz CT molecular complexity index is 684. The number of carboxylic acids is 1. The van der Waals surface area contributed by atoms with Crippen LogP contribution in [0.3, 0.4) is 0 Å². The lowest BCUT2D eigenvalue weighted by Crippen LogP contribution is -2.44. The maximum absolute atomic E-state index is 11.9. The predicted octanol–water partition coefficient (Wildman–Crippen LogP) is 2.88. The minimum Gasteiger partial charge on any atom is -0.508 e. The maximum atomic E-state index is 11.9. The Morgan fingerprint density at radius 3 is 2.29 bits per heavy atom. The lowest BCUT2D eigenvalue weighted by Gasteiger charge is -2.21. The van der Waals surface area contributed by atoms with E-state index >= 15 is 0 Å². The molecule has 0 aliphatic heterocycles. The van der Waals surface area contributed by atoms with E-state index in [0.717, 1.165) is 5.56 Å². The molecule has 0 fully saturated rings. The third-order valence-corrected chi connectivity index (χ3v) is 3.67. The summed E-state index contributed by atoms with van der Waals surface area (Å²) >= 11 is 0. The van der Waals surface area contributed by atoms with Gasteiger partial charge in [0, 0.05) is 5.92 Å². The van der Waals surface area contributed by atoms with Gasteiger partial charge in [-0.15, -0.1) is 0 Å². The van der Waals surface area contributed by atoms with Crippen LogP contribution in [0.1, 0.15) is 24.0 Å². The van der Waals surface area contributed by atoms with Crippen molar-refractivity contribution in [1.29, 1.82) is 0 Å². The fraction of sp³-hybridized carbons (Fsp3) is 0.222. The number of aromatic hydroxyl groups is 1. The summed E-state index contributed by atoms with van der Waals surface area (Å²) in [5.74, 6) is -1.56. The molecule has 0 saturated carbocycles. The zero-order valence-corrected chi connectivity index (χ0v) is 13.2. The van der Waals surface area contributed by atoms with Gasteiger partial charge in [0.15, 0.2) is 0 Å². The number of carbonyl (C=O) groups is 2. The highest BCUT2D eigenvalue weighted by atomic mass is 16.5. The number of phenols is 1. The minimum absolute atomic E-state index is 0.0621. The number of rotatable bonds is 6. The number of hydrogen-bond donors (Lipinski definition) is 3. The Morgan fingerprint density at radius 2 is 1.71 bits per heavy atom. The molecule has 0 aromatic heterocycles. The van der Waals surface area contributed by atoms with Gasteiger partial charge < -0.3 is 20.3 Å². The smallest absolute Gasteiger partial charge is 0.408 e. The molecule has 1 amide bonds. The monoisotopic (exact) mass is 329 g/mol. The number of alkyl carbamates (subject to hydrolysis) is 1. The van der Waals surface area contributed by atoms with Crippen LogP contribution >= 0.6 is 0 Å². The van der Waals surface area contributed by atoms with Gasteiger partial charge >= 0.3 is 12.1 Å². The van der Waals surface area contributed by atoms with E-state index in [2.05, 4.69) is 5.32 Å². The van der Waals surface area contributed by atoms with E-state index in [9.17, 15) is 19.8 Å². The van der Waals surface area contributed by atoms with Crippen molar-refractivity contribution in [2.24, 2.45) is 0 Å². The highest BCUT2D eigenvalue weighted by Gasteiger charge is 2.28. The van der Waals surface area contributed by atoms with Crippen LogP contribution in [0.25, 0.3) is 0 Å².